The van der Waals surface area contributed by atoms with E-state index in [9.17, 15) is 14.4 Å². The number of hydrogen-bond donors (Lipinski definition) is 0. The summed E-state index contributed by atoms with van der Waals surface area (Å²) in [4.78, 5) is 39.6. The van der Waals surface area contributed by atoms with Gasteiger partial charge in [0.2, 0.25) is 0 Å². The van der Waals surface area contributed by atoms with E-state index in [0.29, 0.717) is 10.0 Å². The van der Waals surface area contributed by atoms with E-state index in [4.69, 9.17) is 21.1 Å². The SMILES string of the molecule is COc1cc(/C=C2\SC(=O)N(Cc3ccccc3Br)C2=O)cc(Br)c1OC(=O)c1ccccc1Cl. The Morgan fingerprint density at radius 3 is 2.49 bits per heavy atom. The number of benzene rings is 3. The Morgan fingerprint density at radius 1 is 1.06 bits per heavy atom. The molecule has 0 bridgehead atoms. The molecule has 3 aromatic rings. The highest BCUT2D eigenvalue weighted by Crippen LogP contribution is 2.40. The van der Waals surface area contributed by atoms with Crippen molar-refractivity contribution in [1.29, 1.82) is 0 Å². The first-order valence-electron chi connectivity index (χ1n) is 10.1. The van der Waals surface area contributed by atoms with E-state index in [1.54, 1.807) is 42.5 Å². The number of carbonyl (C=O) groups is 3. The van der Waals surface area contributed by atoms with Crippen LogP contribution >= 0.6 is 55.2 Å². The number of thioether (sulfide) groups is 1. The maximum absolute atomic E-state index is 13.0. The molecule has 1 aliphatic heterocycles. The van der Waals surface area contributed by atoms with Crippen molar-refractivity contribution in [2.24, 2.45) is 0 Å². The van der Waals surface area contributed by atoms with Crippen LogP contribution < -0.4 is 9.47 Å². The van der Waals surface area contributed by atoms with Crippen LogP contribution in [0, 0.1) is 0 Å². The smallest absolute Gasteiger partial charge is 0.345 e. The van der Waals surface area contributed by atoms with Gasteiger partial charge in [0.15, 0.2) is 11.5 Å². The van der Waals surface area contributed by atoms with E-state index in [1.807, 2.05) is 24.3 Å². The van der Waals surface area contributed by atoms with Gasteiger partial charge in [-0.3, -0.25) is 14.5 Å². The van der Waals surface area contributed by atoms with Crippen molar-refractivity contribution in [2.45, 2.75) is 6.54 Å². The molecule has 3 aromatic carbocycles. The molecule has 0 aromatic heterocycles. The number of hydrogen-bond acceptors (Lipinski definition) is 6. The lowest BCUT2D eigenvalue weighted by molar-refractivity contribution is -0.123. The molecule has 10 heteroatoms. The Morgan fingerprint density at radius 2 is 1.77 bits per heavy atom. The molecule has 1 saturated heterocycles. The second-order valence-electron chi connectivity index (χ2n) is 7.26. The van der Waals surface area contributed by atoms with Crippen LogP contribution in [0.3, 0.4) is 0 Å². The van der Waals surface area contributed by atoms with E-state index < -0.39 is 5.97 Å². The predicted molar refractivity (Wildman–Crippen MR) is 143 cm³/mol. The number of ether oxygens (including phenoxy) is 2. The highest BCUT2D eigenvalue weighted by Gasteiger charge is 2.35. The lowest BCUT2D eigenvalue weighted by Crippen LogP contribution is -2.27. The van der Waals surface area contributed by atoms with Gasteiger partial charge in [-0.15, -0.1) is 0 Å². The van der Waals surface area contributed by atoms with Crippen LogP contribution in [0.5, 0.6) is 11.5 Å². The molecular formula is C25H16Br2ClNO5S. The van der Waals surface area contributed by atoms with Gasteiger partial charge in [-0.25, -0.2) is 4.79 Å². The Bertz CT molecular complexity index is 1380. The summed E-state index contributed by atoms with van der Waals surface area (Å²) in [7, 11) is 1.43. The summed E-state index contributed by atoms with van der Waals surface area (Å²) in [5.41, 5.74) is 1.62. The molecule has 1 heterocycles. The van der Waals surface area contributed by atoms with Gasteiger partial charge in [-0.2, -0.15) is 0 Å². The van der Waals surface area contributed by atoms with Gasteiger partial charge >= 0.3 is 5.97 Å². The number of halogens is 3. The van der Waals surface area contributed by atoms with Gasteiger partial charge in [0.05, 0.1) is 33.6 Å². The van der Waals surface area contributed by atoms with E-state index in [2.05, 4.69) is 31.9 Å². The average molecular weight is 638 g/mol. The van der Waals surface area contributed by atoms with Crippen molar-refractivity contribution in [3.63, 3.8) is 0 Å². The number of amides is 2. The van der Waals surface area contributed by atoms with Crippen LogP contribution in [0.1, 0.15) is 21.5 Å². The third-order valence-corrected chi connectivity index (χ3v) is 7.60. The summed E-state index contributed by atoms with van der Waals surface area (Å²) in [6, 6.07) is 17.2. The van der Waals surface area contributed by atoms with Gasteiger partial charge in [0, 0.05) is 4.47 Å². The maximum atomic E-state index is 13.0. The fraction of sp³-hybridized carbons (Fsp3) is 0.0800. The zero-order chi connectivity index (χ0) is 25.1. The van der Waals surface area contributed by atoms with Gasteiger partial charge < -0.3 is 9.47 Å². The number of rotatable bonds is 6. The Kier molecular flexibility index (Phi) is 8.01. The average Bonchev–Trinajstić information content (AvgIpc) is 3.09. The van der Waals surface area contributed by atoms with Crippen LogP contribution in [-0.2, 0) is 11.3 Å². The molecular weight excluding hydrogens is 622 g/mol. The molecule has 4 rings (SSSR count). The largest absolute Gasteiger partial charge is 0.493 e. The van der Waals surface area contributed by atoms with Crippen LogP contribution in [-0.4, -0.2) is 29.1 Å². The van der Waals surface area contributed by atoms with Crippen LogP contribution in [0.15, 0.2) is 74.5 Å². The zero-order valence-electron chi connectivity index (χ0n) is 18.1. The van der Waals surface area contributed by atoms with Crippen molar-refractivity contribution in [3.8, 4) is 11.5 Å². The number of methoxy groups -OCH3 is 1. The minimum Gasteiger partial charge on any atom is -0.493 e. The molecule has 35 heavy (non-hydrogen) atoms. The molecule has 0 spiro atoms. The van der Waals surface area contributed by atoms with Gasteiger partial charge in [0.25, 0.3) is 11.1 Å². The van der Waals surface area contributed by atoms with Crippen LogP contribution in [0.4, 0.5) is 4.79 Å². The fourth-order valence-corrected chi connectivity index (χ4v) is 5.28. The van der Waals surface area contributed by atoms with Gasteiger partial charge in [-0.05, 0) is 75.2 Å². The van der Waals surface area contributed by atoms with Crippen molar-refractivity contribution in [2.75, 3.05) is 7.11 Å². The van der Waals surface area contributed by atoms with Crippen molar-refractivity contribution in [3.05, 3.63) is 96.2 Å². The van der Waals surface area contributed by atoms with Gasteiger partial charge in [0.1, 0.15) is 0 Å². The fourth-order valence-electron chi connectivity index (χ4n) is 3.28. The zero-order valence-corrected chi connectivity index (χ0v) is 22.8. The Labute approximate surface area is 227 Å². The lowest BCUT2D eigenvalue weighted by Gasteiger charge is -2.14. The standard InChI is InChI=1S/C25H16Br2ClNO5S/c1-33-20-11-14(10-18(27)22(20)34-24(31)16-7-3-5-9-19(16)28)12-21-23(30)29(25(32)35-21)13-15-6-2-4-8-17(15)26/h2-12H,13H2,1H3/b21-12-. The number of esters is 1. The lowest BCUT2D eigenvalue weighted by atomic mass is 10.1. The summed E-state index contributed by atoms with van der Waals surface area (Å²) < 4.78 is 12.2. The first kappa shape index (κ1) is 25.5. The van der Waals surface area contributed by atoms with E-state index in [1.165, 1.54) is 12.0 Å². The predicted octanol–water partition coefficient (Wildman–Crippen LogP) is 7.33. The molecule has 1 fully saturated rings. The summed E-state index contributed by atoms with van der Waals surface area (Å²) >= 11 is 13.8. The Balaban J connectivity index is 1.58. The van der Waals surface area contributed by atoms with E-state index in [0.717, 1.165) is 21.8 Å². The summed E-state index contributed by atoms with van der Waals surface area (Å²) in [5, 5.41) is -0.0872. The van der Waals surface area contributed by atoms with Crippen LogP contribution in [0.2, 0.25) is 5.02 Å². The topological polar surface area (TPSA) is 72.9 Å². The van der Waals surface area contributed by atoms with E-state index in [-0.39, 0.29) is 44.7 Å². The van der Waals surface area contributed by atoms with Crippen molar-refractivity contribution in [1.82, 2.24) is 4.90 Å². The molecule has 178 valence electrons. The minimum atomic E-state index is -0.643. The summed E-state index contributed by atoms with van der Waals surface area (Å²) in [5.74, 6) is -0.606. The summed E-state index contributed by atoms with van der Waals surface area (Å²) in [6.45, 7) is 0.160. The molecule has 0 aliphatic carbocycles. The summed E-state index contributed by atoms with van der Waals surface area (Å²) in [6.07, 6.45) is 1.60. The second-order valence-corrected chi connectivity index (χ2v) is 10.4. The minimum absolute atomic E-state index is 0.160. The normalized spacial score (nSPS) is 14.5. The van der Waals surface area contributed by atoms with Crippen LogP contribution in [0.25, 0.3) is 6.08 Å². The molecule has 6 nitrogen and oxygen atoms in total. The van der Waals surface area contributed by atoms with Crippen molar-refractivity contribution >= 4 is 78.4 Å². The molecule has 0 N–H and O–H groups in total. The van der Waals surface area contributed by atoms with Gasteiger partial charge in [-0.1, -0.05) is 57.9 Å². The second kappa shape index (κ2) is 11.0. The highest BCUT2D eigenvalue weighted by atomic mass is 79.9. The molecule has 0 radical (unpaired) electrons. The molecule has 0 saturated carbocycles. The first-order chi connectivity index (χ1) is 16.8. The monoisotopic (exact) mass is 635 g/mol. The first-order valence-corrected chi connectivity index (χ1v) is 12.9. The highest BCUT2D eigenvalue weighted by molar-refractivity contribution is 9.10. The Hall–Kier alpha value is -2.59. The van der Waals surface area contributed by atoms with Crippen molar-refractivity contribution < 1.29 is 23.9 Å². The number of imide groups is 1. The third-order valence-electron chi connectivity index (χ3n) is 5.00. The quantitative estimate of drug-likeness (QED) is 0.160. The number of nitrogens with zero attached hydrogens (tertiary/aromatic N) is 1. The maximum Gasteiger partial charge on any atom is 0.345 e. The third kappa shape index (κ3) is 5.64. The molecule has 1 aliphatic rings. The molecule has 0 unspecified atom stereocenters. The number of carbonyl (C=O) groups excluding carboxylic acids is 3. The van der Waals surface area contributed by atoms with E-state index >= 15 is 0 Å². The molecule has 2 amide bonds. The molecule has 0 atom stereocenters.